The third-order valence-corrected chi connectivity index (χ3v) is 4.46. The topological polar surface area (TPSA) is 103 Å². The van der Waals surface area contributed by atoms with E-state index < -0.39 is 12.1 Å². The number of oxime groups is 1. The van der Waals surface area contributed by atoms with E-state index in [4.69, 9.17) is 18.7 Å². The van der Waals surface area contributed by atoms with Gasteiger partial charge in [0.05, 0.1) is 0 Å². The van der Waals surface area contributed by atoms with Gasteiger partial charge >= 0.3 is 5.97 Å². The van der Waals surface area contributed by atoms with Crippen molar-refractivity contribution in [1.82, 2.24) is 4.98 Å². The van der Waals surface area contributed by atoms with Crippen molar-refractivity contribution < 1.29 is 28.6 Å². The molecule has 3 rings (SSSR count). The predicted octanol–water partition coefficient (Wildman–Crippen LogP) is 4.19. The van der Waals surface area contributed by atoms with Crippen LogP contribution in [0, 0.1) is 0 Å². The Morgan fingerprint density at radius 3 is 2.66 bits per heavy atom. The van der Waals surface area contributed by atoms with Crippen molar-refractivity contribution >= 4 is 11.7 Å². The van der Waals surface area contributed by atoms with Crippen LogP contribution in [-0.2, 0) is 20.8 Å². The van der Waals surface area contributed by atoms with Crippen molar-refractivity contribution in [3.05, 3.63) is 72.3 Å². The zero-order valence-electron chi connectivity index (χ0n) is 18.1. The Labute approximate surface area is 186 Å². The molecule has 1 aromatic heterocycles. The molecule has 0 fully saturated rings. The van der Waals surface area contributed by atoms with Gasteiger partial charge in [-0.1, -0.05) is 47.6 Å². The van der Waals surface area contributed by atoms with Crippen LogP contribution in [0.15, 0.2) is 70.4 Å². The fraction of sp³-hybridized carbons (Fsp3) is 0.292. The molecular formula is C24H26N2O6. The third-order valence-electron chi connectivity index (χ3n) is 4.46. The van der Waals surface area contributed by atoms with Gasteiger partial charge in [-0.05, 0) is 31.5 Å². The van der Waals surface area contributed by atoms with E-state index in [1.54, 1.807) is 31.4 Å². The van der Waals surface area contributed by atoms with E-state index in [0.717, 1.165) is 11.1 Å². The molecule has 0 aliphatic heterocycles. The molecule has 0 aliphatic carbocycles. The lowest BCUT2D eigenvalue weighted by Crippen LogP contribution is -2.26. The summed E-state index contributed by atoms with van der Waals surface area (Å²) < 4.78 is 16.8. The normalized spacial score (nSPS) is 12.4. The minimum atomic E-state index is -0.998. The average Bonchev–Trinajstić information content (AvgIpc) is 3.30. The van der Waals surface area contributed by atoms with Crippen LogP contribution in [0.3, 0.4) is 0 Å². The Morgan fingerprint density at radius 1 is 1.12 bits per heavy atom. The number of carbonyl (C=O) groups is 1. The van der Waals surface area contributed by atoms with Crippen LogP contribution in [0.25, 0.3) is 11.3 Å². The second-order valence-corrected chi connectivity index (χ2v) is 6.78. The van der Waals surface area contributed by atoms with Crippen LogP contribution in [0.2, 0.25) is 0 Å². The number of hydrogen-bond donors (Lipinski definition) is 1. The largest absolute Gasteiger partial charge is 0.487 e. The van der Waals surface area contributed by atoms with E-state index in [9.17, 15) is 9.90 Å². The minimum absolute atomic E-state index is 0.0615. The molecule has 1 unspecified atom stereocenters. The zero-order valence-corrected chi connectivity index (χ0v) is 18.1. The maximum absolute atomic E-state index is 11.4. The first kappa shape index (κ1) is 23.0. The first-order chi connectivity index (χ1) is 15.6. The zero-order chi connectivity index (χ0) is 22.8. The molecule has 2 aromatic carbocycles. The van der Waals surface area contributed by atoms with Crippen LogP contribution in [0.4, 0.5) is 0 Å². The first-order valence-electron chi connectivity index (χ1n) is 10.4. The molecule has 0 bridgehead atoms. The number of oxazole rings is 1. The van der Waals surface area contributed by atoms with E-state index >= 15 is 0 Å². The number of carboxylic acid groups (broad SMARTS) is 1. The molecule has 32 heavy (non-hydrogen) atoms. The lowest BCUT2D eigenvalue weighted by atomic mass is 10.1. The fourth-order valence-corrected chi connectivity index (χ4v) is 2.96. The van der Waals surface area contributed by atoms with Gasteiger partial charge in [0.25, 0.3) is 0 Å². The molecule has 0 saturated heterocycles. The molecule has 3 aromatic rings. The standard InChI is InChI=1S/C24H26N2O6/c1-3-29-22(24(27)28)14-17-9-8-12-19(13-17)30-16-21(26-32-4-2)23-25-20(15-31-23)18-10-6-5-7-11-18/h5-13,15,22H,3-4,14,16H2,1-2H3,(H,27,28)/b26-21-. The summed E-state index contributed by atoms with van der Waals surface area (Å²) in [5, 5.41) is 13.4. The van der Waals surface area contributed by atoms with Gasteiger partial charge in [-0.2, -0.15) is 0 Å². The number of benzene rings is 2. The maximum Gasteiger partial charge on any atom is 0.333 e. The molecule has 0 saturated carbocycles. The number of ether oxygens (including phenoxy) is 2. The van der Waals surface area contributed by atoms with Gasteiger partial charge in [0.15, 0.2) is 11.8 Å². The van der Waals surface area contributed by atoms with Crippen molar-refractivity contribution in [2.75, 3.05) is 19.8 Å². The summed E-state index contributed by atoms with van der Waals surface area (Å²) in [5.41, 5.74) is 2.79. The number of aliphatic carboxylic acids is 1. The van der Waals surface area contributed by atoms with Gasteiger partial charge in [-0.3, -0.25) is 0 Å². The Hall–Kier alpha value is -3.65. The molecule has 0 spiro atoms. The van der Waals surface area contributed by atoms with Gasteiger partial charge in [0.1, 0.15) is 30.9 Å². The summed E-state index contributed by atoms with van der Waals surface area (Å²) in [4.78, 5) is 21.1. The van der Waals surface area contributed by atoms with Gasteiger partial charge in [-0.25, -0.2) is 9.78 Å². The van der Waals surface area contributed by atoms with E-state index in [-0.39, 0.29) is 13.0 Å². The summed E-state index contributed by atoms with van der Waals surface area (Å²) in [5.74, 6) is -0.139. The molecule has 0 amide bonds. The molecule has 1 heterocycles. The summed E-state index contributed by atoms with van der Waals surface area (Å²) in [6.45, 7) is 4.37. The molecule has 8 nitrogen and oxygen atoms in total. The van der Waals surface area contributed by atoms with Gasteiger partial charge < -0.3 is 23.8 Å². The van der Waals surface area contributed by atoms with Gasteiger partial charge in [0.2, 0.25) is 5.89 Å². The Bertz CT molecular complexity index is 1030. The van der Waals surface area contributed by atoms with Crippen LogP contribution in [0.5, 0.6) is 5.75 Å². The summed E-state index contributed by atoms with van der Waals surface area (Å²) in [6.07, 6.45) is 0.890. The lowest BCUT2D eigenvalue weighted by Gasteiger charge is -2.13. The minimum Gasteiger partial charge on any atom is -0.487 e. The average molecular weight is 438 g/mol. The van der Waals surface area contributed by atoms with Gasteiger partial charge in [0, 0.05) is 18.6 Å². The number of rotatable bonds is 12. The summed E-state index contributed by atoms with van der Waals surface area (Å²) in [7, 11) is 0. The maximum atomic E-state index is 11.4. The number of nitrogens with zero attached hydrogens (tertiary/aromatic N) is 2. The van der Waals surface area contributed by atoms with Crippen LogP contribution < -0.4 is 4.74 Å². The number of hydrogen-bond acceptors (Lipinski definition) is 7. The molecular weight excluding hydrogens is 412 g/mol. The smallest absolute Gasteiger partial charge is 0.333 e. The first-order valence-corrected chi connectivity index (χ1v) is 10.4. The summed E-state index contributed by atoms with van der Waals surface area (Å²) in [6, 6.07) is 16.9. The highest BCUT2D eigenvalue weighted by atomic mass is 16.6. The van der Waals surface area contributed by atoms with Crippen molar-refractivity contribution in [3.63, 3.8) is 0 Å². The predicted molar refractivity (Wildman–Crippen MR) is 119 cm³/mol. The van der Waals surface area contributed by atoms with Crippen LogP contribution in [0.1, 0.15) is 25.3 Å². The van der Waals surface area contributed by atoms with E-state index in [1.165, 1.54) is 0 Å². The number of aromatic nitrogens is 1. The summed E-state index contributed by atoms with van der Waals surface area (Å²) >= 11 is 0. The second-order valence-electron chi connectivity index (χ2n) is 6.78. The molecule has 1 N–H and O–H groups in total. The highest BCUT2D eigenvalue weighted by molar-refractivity contribution is 5.97. The fourth-order valence-electron chi connectivity index (χ4n) is 2.96. The second kappa shape index (κ2) is 11.7. The van der Waals surface area contributed by atoms with E-state index in [2.05, 4.69) is 10.1 Å². The lowest BCUT2D eigenvalue weighted by molar-refractivity contribution is -0.149. The highest BCUT2D eigenvalue weighted by Crippen LogP contribution is 2.20. The highest BCUT2D eigenvalue weighted by Gasteiger charge is 2.19. The van der Waals surface area contributed by atoms with Crippen molar-refractivity contribution in [2.24, 2.45) is 5.16 Å². The van der Waals surface area contributed by atoms with Crippen molar-refractivity contribution in [3.8, 4) is 17.0 Å². The Balaban J connectivity index is 1.71. The number of carboxylic acids is 1. The molecule has 0 aliphatic rings. The van der Waals surface area contributed by atoms with Crippen molar-refractivity contribution in [1.29, 1.82) is 0 Å². The monoisotopic (exact) mass is 438 g/mol. The van der Waals surface area contributed by atoms with E-state index in [0.29, 0.717) is 36.3 Å². The van der Waals surface area contributed by atoms with E-state index in [1.807, 2.05) is 43.3 Å². The Kier molecular flexibility index (Phi) is 8.39. The SMILES string of the molecule is CCO/N=C(/COc1cccc(CC(OCC)C(=O)O)c1)c1nc(-c2ccccc2)co1. The van der Waals surface area contributed by atoms with Gasteiger partial charge in [-0.15, -0.1) is 0 Å². The van der Waals surface area contributed by atoms with Crippen LogP contribution in [-0.4, -0.2) is 47.7 Å². The van der Waals surface area contributed by atoms with Crippen LogP contribution >= 0.6 is 0 Å². The third kappa shape index (κ3) is 6.42. The van der Waals surface area contributed by atoms with Crippen molar-refractivity contribution in [2.45, 2.75) is 26.4 Å². The molecule has 8 heteroatoms. The molecule has 1 atom stereocenters. The Morgan fingerprint density at radius 2 is 1.94 bits per heavy atom. The quantitative estimate of drug-likeness (QED) is 0.334. The molecule has 168 valence electrons. The molecule has 0 radical (unpaired) electrons.